The number of hydrogen-bond donors (Lipinski definition) is 0. The Balaban J connectivity index is 2.56. The first kappa shape index (κ1) is 22.5. The van der Waals surface area contributed by atoms with E-state index in [9.17, 15) is 0 Å². The summed E-state index contributed by atoms with van der Waals surface area (Å²) in [6.45, 7) is 14.5. The maximum absolute atomic E-state index is 6.07. The fraction of sp³-hybridized carbons (Fsp3) is 0.905. The topological polar surface area (TPSA) is 12.5 Å². The van der Waals surface area contributed by atoms with Gasteiger partial charge in [0.1, 0.15) is 0 Å². The summed E-state index contributed by atoms with van der Waals surface area (Å²) < 4.78 is 6.11. The van der Waals surface area contributed by atoms with Gasteiger partial charge in [0.2, 0.25) is 0 Å². The zero-order chi connectivity index (χ0) is 17.7. The molecule has 1 aliphatic rings. The molecule has 0 radical (unpaired) electrons. The standard InChI is InChI=1S/C9H16NO.3C4H9.Sn/c1-9(2)8-11-10-6-4-3-5-7-10;3*1-3-4-2;/h1-8H2;3*1,3-4H2,2H3;. The quantitative estimate of drug-likeness (QED) is 0.216. The van der Waals surface area contributed by atoms with Crippen LogP contribution in [-0.2, 0) is 4.84 Å². The summed E-state index contributed by atoms with van der Waals surface area (Å²) in [4.78, 5) is 6.07. The molecular weight excluding hydrogens is 401 g/mol. The van der Waals surface area contributed by atoms with E-state index in [4.69, 9.17) is 4.84 Å². The summed E-state index contributed by atoms with van der Waals surface area (Å²) in [6, 6.07) is 0. The van der Waals surface area contributed by atoms with E-state index in [0.717, 1.165) is 19.7 Å². The zero-order valence-corrected chi connectivity index (χ0v) is 19.7. The maximum atomic E-state index is 6.07. The van der Waals surface area contributed by atoms with E-state index in [1.807, 2.05) is 0 Å². The van der Waals surface area contributed by atoms with Gasteiger partial charge in [-0.05, 0) is 0 Å². The molecule has 1 saturated heterocycles. The average Bonchev–Trinajstić information content (AvgIpc) is 2.62. The number of rotatable bonds is 14. The van der Waals surface area contributed by atoms with Crippen LogP contribution in [0.2, 0.25) is 17.7 Å². The molecule has 0 aromatic carbocycles. The van der Waals surface area contributed by atoms with Gasteiger partial charge in [-0.3, -0.25) is 0 Å². The van der Waals surface area contributed by atoms with Gasteiger partial charge in [0.25, 0.3) is 0 Å². The van der Waals surface area contributed by atoms with Crippen LogP contribution in [-0.4, -0.2) is 43.1 Å². The number of hydrogen-bond acceptors (Lipinski definition) is 2. The van der Waals surface area contributed by atoms with E-state index in [0.29, 0.717) is 0 Å². The summed E-state index contributed by atoms with van der Waals surface area (Å²) in [6.07, 6.45) is 12.4. The van der Waals surface area contributed by atoms with Crippen LogP contribution >= 0.6 is 0 Å². The van der Waals surface area contributed by atoms with Crippen LogP contribution in [0.4, 0.5) is 0 Å². The van der Waals surface area contributed by atoms with E-state index in [2.05, 4.69) is 32.4 Å². The van der Waals surface area contributed by atoms with Gasteiger partial charge in [0, 0.05) is 0 Å². The van der Waals surface area contributed by atoms with Crippen molar-refractivity contribution in [3.63, 3.8) is 0 Å². The van der Waals surface area contributed by atoms with Crippen LogP contribution < -0.4 is 0 Å². The van der Waals surface area contributed by atoms with Crippen molar-refractivity contribution in [1.29, 1.82) is 0 Å². The second-order valence-electron chi connectivity index (χ2n) is 8.00. The average molecular weight is 444 g/mol. The molecule has 24 heavy (non-hydrogen) atoms. The molecule has 0 aliphatic carbocycles. The van der Waals surface area contributed by atoms with E-state index in [1.165, 1.54) is 67.8 Å². The van der Waals surface area contributed by atoms with Crippen molar-refractivity contribution in [3.05, 3.63) is 12.2 Å². The Morgan fingerprint density at radius 3 is 1.83 bits per heavy atom. The molecule has 1 fully saturated rings. The second-order valence-corrected chi connectivity index (χ2v) is 21.9. The fourth-order valence-corrected chi connectivity index (χ4v) is 20.5. The molecule has 1 rings (SSSR count). The van der Waals surface area contributed by atoms with Crippen LogP contribution in [0.5, 0.6) is 0 Å². The number of nitrogens with zero attached hydrogens (tertiary/aromatic N) is 1. The molecule has 0 N–H and O–H groups in total. The van der Waals surface area contributed by atoms with Gasteiger partial charge in [0.15, 0.2) is 0 Å². The third kappa shape index (κ3) is 9.24. The minimum absolute atomic E-state index is 0.781. The van der Waals surface area contributed by atoms with Crippen molar-refractivity contribution in [2.45, 2.75) is 96.3 Å². The third-order valence-corrected chi connectivity index (χ3v) is 21.2. The first-order chi connectivity index (χ1) is 11.7. The van der Waals surface area contributed by atoms with Gasteiger partial charge in [-0.1, -0.05) is 0 Å². The SMILES string of the molecule is C=C(CON1CCCCC1)[CH2][Sn]([CH2]CCC)([CH2]CCC)[CH2]CCC. The summed E-state index contributed by atoms with van der Waals surface area (Å²) in [5.74, 6) is 0. The summed E-state index contributed by atoms with van der Waals surface area (Å²) >= 11 is -2.07. The fourth-order valence-electron chi connectivity index (χ4n) is 4.05. The molecule has 2 nitrogen and oxygen atoms in total. The van der Waals surface area contributed by atoms with Crippen molar-refractivity contribution in [1.82, 2.24) is 5.06 Å². The van der Waals surface area contributed by atoms with Gasteiger partial charge >= 0.3 is 156 Å². The zero-order valence-electron chi connectivity index (χ0n) is 16.9. The van der Waals surface area contributed by atoms with Crippen LogP contribution in [0.1, 0.15) is 78.6 Å². The van der Waals surface area contributed by atoms with Crippen LogP contribution in [0.25, 0.3) is 0 Å². The second kappa shape index (κ2) is 13.6. The molecule has 0 amide bonds. The van der Waals surface area contributed by atoms with Crippen molar-refractivity contribution in [2.24, 2.45) is 0 Å². The van der Waals surface area contributed by atoms with Gasteiger partial charge in [-0.25, -0.2) is 0 Å². The van der Waals surface area contributed by atoms with Crippen molar-refractivity contribution >= 4 is 18.4 Å². The Bertz CT molecular complexity index is 304. The van der Waals surface area contributed by atoms with Gasteiger partial charge in [-0.2, -0.15) is 0 Å². The number of piperidine rings is 1. The van der Waals surface area contributed by atoms with Gasteiger partial charge < -0.3 is 0 Å². The van der Waals surface area contributed by atoms with Crippen LogP contribution in [0, 0.1) is 0 Å². The molecule has 0 saturated carbocycles. The van der Waals surface area contributed by atoms with Gasteiger partial charge in [-0.15, -0.1) is 0 Å². The Hall–Kier alpha value is 0.459. The predicted octanol–water partition coefficient (Wildman–Crippen LogP) is 6.81. The van der Waals surface area contributed by atoms with Crippen molar-refractivity contribution in [2.75, 3.05) is 19.7 Å². The third-order valence-electron chi connectivity index (χ3n) is 5.57. The summed E-state index contributed by atoms with van der Waals surface area (Å²) in [7, 11) is 0. The molecule has 0 aromatic heterocycles. The molecule has 0 aromatic rings. The molecule has 142 valence electrons. The summed E-state index contributed by atoms with van der Waals surface area (Å²) in [5.41, 5.74) is 1.40. The summed E-state index contributed by atoms with van der Waals surface area (Å²) in [5, 5.41) is 2.19. The first-order valence-electron chi connectivity index (χ1n) is 10.7. The molecule has 0 atom stereocenters. The molecular formula is C21H43NOSn. The molecule has 0 spiro atoms. The molecule has 1 heterocycles. The van der Waals surface area contributed by atoms with E-state index >= 15 is 0 Å². The Kier molecular flexibility index (Phi) is 12.8. The number of unbranched alkanes of at least 4 members (excludes halogenated alkanes) is 3. The normalized spacial score (nSPS) is 16.5. The van der Waals surface area contributed by atoms with Crippen LogP contribution in [0.3, 0.4) is 0 Å². The van der Waals surface area contributed by atoms with Crippen LogP contribution in [0.15, 0.2) is 12.2 Å². The molecule has 0 unspecified atom stereocenters. The van der Waals surface area contributed by atoms with Crippen molar-refractivity contribution in [3.8, 4) is 0 Å². The Morgan fingerprint density at radius 1 is 0.875 bits per heavy atom. The predicted molar refractivity (Wildman–Crippen MR) is 110 cm³/mol. The molecule has 1 aliphatic heterocycles. The van der Waals surface area contributed by atoms with Crippen molar-refractivity contribution < 1.29 is 4.84 Å². The van der Waals surface area contributed by atoms with E-state index in [1.54, 1.807) is 13.3 Å². The molecule has 3 heteroatoms. The van der Waals surface area contributed by atoms with E-state index < -0.39 is 18.4 Å². The van der Waals surface area contributed by atoms with Gasteiger partial charge in [0.05, 0.1) is 0 Å². The Labute approximate surface area is 156 Å². The monoisotopic (exact) mass is 445 g/mol. The first-order valence-corrected chi connectivity index (χ1v) is 18.8. The number of hydroxylamine groups is 2. The Morgan fingerprint density at radius 2 is 1.38 bits per heavy atom. The minimum atomic E-state index is -2.07. The molecule has 0 bridgehead atoms. The van der Waals surface area contributed by atoms with E-state index in [-0.39, 0.29) is 0 Å².